The number of anilines is 4. The van der Waals surface area contributed by atoms with Gasteiger partial charge in [-0.1, -0.05) is 54.6 Å². The average Bonchev–Trinajstić information content (AvgIpc) is 3.01. The third-order valence-electron chi connectivity index (χ3n) is 8.05. The van der Waals surface area contributed by atoms with Gasteiger partial charge in [0.25, 0.3) is 0 Å². The molecule has 0 atom stereocenters. The molecular weight excluding hydrogens is 508 g/mol. The predicted octanol–water partition coefficient (Wildman–Crippen LogP) is 7.39. The van der Waals surface area contributed by atoms with E-state index in [9.17, 15) is 0 Å². The van der Waals surface area contributed by atoms with Crippen LogP contribution in [0.15, 0.2) is 91.0 Å². The number of rotatable bonds is 10. The summed E-state index contributed by atoms with van der Waals surface area (Å²) in [6.45, 7) is 1.73. The molecule has 5 aromatic rings. The van der Waals surface area contributed by atoms with Gasteiger partial charge in [0.05, 0.1) is 5.52 Å². The van der Waals surface area contributed by atoms with E-state index in [4.69, 9.17) is 14.8 Å². The van der Waals surface area contributed by atoms with E-state index in [2.05, 4.69) is 71.5 Å². The van der Waals surface area contributed by atoms with Crippen molar-refractivity contribution in [1.29, 1.82) is 0 Å². The van der Waals surface area contributed by atoms with E-state index < -0.39 is 0 Å². The van der Waals surface area contributed by atoms with Gasteiger partial charge in [-0.05, 0) is 73.9 Å². The second-order valence-electron chi connectivity index (χ2n) is 11.1. The lowest BCUT2D eigenvalue weighted by molar-refractivity contribution is 0.157. The molecule has 1 aliphatic rings. The van der Waals surface area contributed by atoms with Crippen molar-refractivity contribution < 1.29 is 4.84 Å². The molecule has 7 nitrogen and oxygen atoms in total. The molecule has 0 saturated heterocycles. The minimum atomic E-state index is 0.607. The summed E-state index contributed by atoms with van der Waals surface area (Å²) in [5.41, 5.74) is 6.41. The van der Waals surface area contributed by atoms with Crippen LogP contribution < -0.4 is 25.9 Å². The van der Waals surface area contributed by atoms with Crippen LogP contribution in [0.5, 0.6) is 5.75 Å². The zero-order chi connectivity index (χ0) is 28.0. The fourth-order valence-electron chi connectivity index (χ4n) is 5.77. The largest absolute Gasteiger partial charge is 0.408 e. The summed E-state index contributed by atoms with van der Waals surface area (Å²) < 4.78 is 0. The quantitative estimate of drug-likeness (QED) is 0.158. The number of hydrogen-bond donors (Lipinski definition) is 3. The van der Waals surface area contributed by atoms with Crippen molar-refractivity contribution >= 4 is 44.8 Å². The monoisotopic (exact) mass is 546 g/mol. The van der Waals surface area contributed by atoms with Gasteiger partial charge < -0.3 is 20.4 Å². The van der Waals surface area contributed by atoms with E-state index in [1.54, 1.807) is 0 Å². The maximum atomic E-state index is 6.07. The Balaban J connectivity index is 1.01. The minimum Gasteiger partial charge on any atom is -0.408 e. The first-order valence-corrected chi connectivity index (χ1v) is 14.6. The van der Waals surface area contributed by atoms with Crippen LogP contribution in [-0.4, -0.2) is 37.2 Å². The first kappa shape index (κ1) is 26.8. The molecule has 41 heavy (non-hydrogen) atoms. The second-order valence-corrected chi connectivity index (χ2v) is 11.1. The molecule has 1 saturated carbocycles. The molecule has 7 heteroatoms. The van der Waals surface area contributed by atoms with Crippen LogP contribution in [0.4, 0.5) is 23.1 Å². The molecule has 4 aromatic carbocycles. The van der Waals surface area contributed by atoms with Crippen LogP contribution in [-0.2, 0) is 0 Å². The van der Waals surface area contributed by atoms with Gasteiger partial charge in [0.1, 0.15) is 5.82 Å². The molecule has 1 heterocycles. The molecule has 210 valence electrons. The molecule has 1 fully saturated rings. The van der Waals surface area contributed by atoms with Crippen LogP contribution in [0.1, 0.15) is 25.7 Å². The summed E-state index contributed by atoms with van der Waals surface area (Å²) in [5, 5.41) is 10.3. The summed E-state index contributed by atoms with van der Waals surface area (Å²) in [7, 11) is 4.14. The highest BCUT2D eigenvalue weighted by Gasteiger charge is 2.22. The number of hydrogen-bond acceptors (Lipinski definition) is 7. The number of hydroxylamine groups is 1. The number of fused-ring (bicyclic) bond motifs is 2. The van der Waals surface area contributed by atoms with Crippen molar-refractivity contribution in [3.63, 3.8) is 0 Å². The van der Waals surface area contributed by atoms with E-state index >= 15 is 0 Å². The fourth-order valence-corrected chi connectivity index (χ4v) is 5.77. The van der Waals surface area contributed by atoms with Crippen molar-refractivity contribution in [2.75, 3.05) is 42.7 Å². The Bertz CT molecular complexity index is 1600. The highest BCUT2D eigenvalue weighted by atomic mass is 16.6. The first-order chi connectivity index (χ1) is 20.1. The van der Waals surface area contributed by atoms with Crippen LogP contribution in [0.2, 0.25) is 0 Å². The van der Waals surface area contributed by atoms with E-state index in [1.165, 1.54) is 36.8 Å². The molecule has 6 rings (SSSR count). The maximum absolute atomic E-state index is 6.07. The number of nitrogens with zero attached hydrogens (tertiary/aromatic N) is 3. The van der Waals surface area contributed by atoms with Gasteiger partial charge in [-0.3, -0.25) is 0 Å². The Labute approximate surface area is 241 Å². The molecule has 3 N–H and O–H groups in total. The zero-order valence-corrected chi connectivity index (χ0v) is 23.8. The van der Waals surface area contributed by atoms with Crippen molar-refractivity contribution in [2.45, 2.75) is 25.7 Å². The molecular formula is C34H38N6O. The maximum Gasteiger partial charge on any atom is 0.225 e. The lowest BCUT2D eigenvalue weighted by Crippen LogP contribution is -2.30. The third kappa shape index (κ3) is 6.36. The van der Waals surface area contributed by atoms with Crippen molar-refractivity contribution in [2.24, 2.45) is 11.8 Å². The van der Waals surface area contributed by atoms with Crippen LogP contribution in [0.25, 0.3) is 21.7 Å². The summed E-state index contributed by atoms with van der Waals surface area (Å²) >= 11 is 0. The standard InChI is InChI=1S/C34H38N6O/c1-40(2)31-16-8-14-28-27(31)13-9-17-32(28)41-36-23-25-20-18-24(19-21-25)22-35-34-38-30-15-7-6-12-29(30)33(39-34)37-26-10-4-3-5-11-26/h3-17,24-25,36H,18-23H2,1-2H3,(H2,35,37,38,39)/t24-,25-. The van der Waals surface area contributed by atoms with Crippen LogP contribution >= 0.6 is 0 Å². The highest BCUT2D eigenvalue weighted by Crippen LogP contribution is 2.33. The average molecular weight is 547 g/mol. The van der Waals surface area contributed by atoms with Crippen molar-refractivity contribution in [1.82, 2.24) is 15.4 Å². The molecule has 0 radical (unpaired) electrons. The van der Waals surface area contributed by atoms with Gasteiger partial charge >= 0.3 is 0 Å². The Morgan fingerprint density at radius 3 is 2.20 bits per heavy atom. The topological polar surface area (TPSA) is 74.3 Å². The van der Waals surface area contributed by atoms with E-state index in [0.717, 1.165) is 46.6 Å². The smallest absolute Gasteiger partial charge is 0.225 e. The molecule has 0 amide bonds. The molecule has 0 spiro atoms. The van der Waals surface area contributed by atoms with Crippen molar-refractivity contribution in [3.05, 3.63) is 91.0 Å². The minimum absolute atomic E-state index is 0.607. The van der Waals surface area contributed by atoms with Crippen molar-refractivity contribution in [3.8, 4) is 5.75 Å². The third-order valence-corrected chi connectivity index (χ3v) is 8.05. The summed E-state index contributed by atoms with van der Waals surface area (Å²) in [6.07, 6.45) is 4.73. The number of nitrogens with one attached hydrogen (secondary N) is 3. The Morgan fingerprint density at radius 2 is 1.39 bits per heavy atom. The van der Waals surface area contributed by atoms with Gasteiger partial charge in [-0.25, -0.2) is 4.98 Å². The van der Waals surface area contributed by atoms with Gasteiger partial charge in [0.2, 0.25) is 5.95 Å². The second kappa shape index (κ2) is 12.4. The Kier molecular flexibility index (Phi) is 8.14. The number of benzene rings is 4. The van der Waals surface area contributed by atoms with Gasteiger partial charge in [0.15, 0.2) is 5.75 Å². The molecule has 1 aromatic heterocycles. The predicted molar refractivity (Wildman–Crippen MR) is 170 cm³/mol. The normalized spacial score (nSPS) is 16.9. The fraction of sp³-hybridized carbons (Fsp3) is 0.294. The molecule has 0 unspecified atom stereocenters. The Hall–Kier alpha value is -4.36. The lowest BCUT2D eigenvalue weighted by Gasteiger charge is -2.28. The van der Waals surface area contributed by atoms with Gasteiger partial charge in [-0.15, -0.1) is 0 Å². The molecule has 0 bridgehead atoms. The van der Waals surface area contributed by atoms with Gasteiger partial charge in [0, 0.05) is 54.7 Å². The summed E-state index contributed by atoms with van der Waals surface area (Å²) in [5.74, 6) is 3.59. The SMILES string of the molecule is CN(C)c1cccc2c(ONC[C@H]3CC[C@H](CNc4nc(Nc5ccccc5)c5ccccc5n4)CC3)cccc12. The lowest BCUT2D eigenvalue weighted by atomic mass is 9.82. The van der Waals surface area contributed by atoms with E-state index in [1.807, 2.05) is 54.6 Å². The first-order valence-electron chi connectivity index (χ1n) is 14.6. The van der Waals surface area contributed by atoms with Gasteiger partial charge in [-0.2, -0.15) is 10.5 Å². The van der Waals surface area contributed by atoms with Crippen LogP contribution in [0.3, 0.4) is 0 Å². The van der Waals surface area contributed by atoms with Crippen LogP contribution in [0, 0.1) is 11.8 Å². The highest BCUT2D eigenvalue weighted by molar-refractivity contribution is 5.98. The number of para-hydroxylation sites is 2. The number of aromatic nitrogens is 2. The van der Waals surface area contributed by atoms with E-state index in [-0.39, 0.29) is 0 Å². The molecule has 0 aliphatic heterocycles. The molecule has 1 aliphatic carbocycles. The summed E-state index contributed by atoms with van der Waals surface area (Å²) in [6, 6.07) is 30.9. The zero-order valence-electron chi connectivity index (χ0n) is 23.8. The summed E-state index contributed by atoms with van der Waals surface area (Å²) in [4.78, 5) is 17.8. The van der Waals surface area contributed by atoms with E-state index in [0.29, 0.717) is 17.8 Å². The Morgan fingerprint density at radius 1 is 0.707 bits per heavy atom.